The predicted molar refractivity (Wildman–Crippen MR) is 49.9 cm³/mol. The molecule has 0 saturated carbocycles. The van der Waals surface area contributed by atoms with Crippen molar-refractivity contribution in [1.82, 2.24) is 5.32 Å². The molecule has 4 N–H and O–H groups in total. The molecular weight excluding hydrogens is 168 g/mol. The molecule has 1 aliphatic carbocycles. The highest BCUT2D eigenvalue weighted by Gasteiger charge is 2.09. The van der Waals surface area contributed by atoms with Crippen LogP contribution in [0.5, 0.6) is 0 Å². The number of rotatable bonds is 3. The largest absolute Gasteiger partial charge is 0.395 e. The zero-order chi connectivity index (χ0) is 9.68. The van der Waals surface area contributed by atoms with Crippen molar-refractivity contribution < 1.29 is 9.90 Å². The fraction of sp³-hybridized carbons (Fsp3) is 0.444. The number of hydrogen-bond acceptors (Lipinski definition) is 3. The highest BCUT2D eigenvalue weighted by molar-refractivity contribution is 5.96. The minimum atomic E-state index is -0.155. The number of carbonyl (C=O) groups is 1. The van der Waals surface area contributed by atoms with E-state index in [2.05, 4.69) is 5.32 Å². The van der Waals surface area contributed by atoms with E-state index in [-0.39, 0.29) is 25.1 Å². The number of carbonyl (C=O) groups excluding carboxylic acids is 1. The third-order valence-corrected chi connectivity index (χ3v) is 1.79. The minimum absolute atomic E-state index is 0.0226. The number of nitrogens with one attached hydrogen (secondary N) is 1. The van der Waals surface area contributed by atoms with E-state index in [4.69, 9.17) is 10.8 Å². The van der Waals surface area contributed by atoms with Gasteiger partial charge in [0.05, 0.1) is 6.61 Å². The Balaban J connectivity index is 2.44. The molecule has 1 rings (SSSR count). The Bertz CT molecular complexity index is 246. The summed E-state index contributed by atoms with van der Waals surface area (Å²) in [5, 5.41) is 11.1. The highest BCUT2D eigenvalue weighted by atomic mass is 16.3. The molecule has 0 spiro atoms. The van der Waals surface area contributed by atoms with Crippen molar-refractivity contribution >= 4 is 5.91 Å². The molecule has 0 radical (unpaired) electrons. The average molecular weight is 182 g/mol. The van der Waals surface area contributed by atoms with Crippen LogP contribution in [0.15, 0.2) is 23.8 Å². The van der Waals surface area contributed by atoms with E-state index < -0.39 is 0 Å². The fourth-order valence-electron chi connectivity index (χ4n) is 1.08. The van der Waals surface area contributed by atoms with Gasteiger partial charge in [0.15, 0.2) is 0 Å². The van der Waals surface area contributed by atoms with Crippen LogP contribution in [0.2, 0.25) is 0 Å². The summed E-state index contributed by atoms with van der Waals surface area (Å²) in [6.07, 6.45) is 6.00. The first-order valence-electron chi connectivity index (χ1n) is 4.27. The molecule has 1 aliphatic rings. The molecule has 0 fully saturated rings. The van der Waals surface area contributed by atoms with Gasteiger partial charge in [-0.1, -0.05) is 18.2 Å². The molecule has 0 aromatic rings. The van der Waals surface area contributed by atoms with E-state index in [0.29, 0.717) is 12.0 Å². The Hall–Kier alpha value is -1.13. The molecule has 13 heavy (non-hydrogen) atoms. The van der Waals surface area contributed by atoms with Gasteiger partial charge in [0.2, 0.25) is 0 Å². The molecule has 0 bridgehead atoms. The molecular formula is C9H14N2O2. The zero-order valence-electron chi connectivity index (χ0n) is 7.36. The molecule has 4 heteroatoms. The summed E-state index contributed by atoms with van der Waals surface area (Å²) in [5.74, 6) is -0.155. The Morgan fingerprint density at radius 3 is 3.08 bits per heavy atom. The van der Waals surface area contributed by atoms with Crippen LogP contribution < -0.4 is 11.1 Å². The third-order valence-electron chi connectivity index (χ3n) is 1.79. The normalized spacial score (nSPS) is 21.1. The second kappa shape index (κ2) is 4.79. The molecule has 0 heterocycles. The maximum atomic E-state index is 11.3. The summed E-state index contributed by atoms with van der Waals surface area (Å²) in [6.45, 7) is 0.248. The van der Waals surface area contributed by atoms with Crippen molar-refractivity contribution in [3.63, 3.8) is 0 Å². The summed E-state index contributed by atoms with van der Waals surface area (Å²) < 4.78 is 0. The molecule has 4 nitrogen and oxygen atoms in total. The second-order valence-corrected chi connectivity index (χ2v) is 2.90. The van der Waals surface area contributed by atoms with Gasteiger partial charge in [0, 0.05) is 18.2 Å². The second-order valence-electron chi connectivity index (χ2n) is 2.90. The first kappa shape index (κ1) is 9.95. The number of hydrogen-bond donors (Lipinski definition) is 3. The lowest BCUT2D eigenvalue weighted by Gasteiger charge is -2.11. The minimum Gasteiger partial charge on any atom is -0.395 e. The molecule has 1 unspecified atom stereocenters. The Labute approximate surface area is 77.1 Å². The summed E-state index contributed by atoms with van der Waals surface area (Å²) >= 11 is 0. The van der Waals surface area contributed by atoms with Gasteiger partial charge in [-0.2, -0.15) is 0 Å². The van der Waals surface area contributed by atoms with Gasteiger partial charge in [-0.3, -0.25) is 4.79 Å². The average Bonchev–Trinajstić information content (AvgIpc) is 2.15. The smallest absolute Gasteiger partial charge is 0.251 e. The van der Waals surface area contributed by atoms with E-state index in [1.54, 1.807) is 18.2 Å². The molecule has 72 valence electrons. The first-order valence-corrected chi connectivity index (χ1v) is 4.27. The van der Waals surface area contributed by atoms with Gasteiger partial charge >= 0.3 is 0 Å². The standard InChI is InChI=1S/C9H14N2O2/c10-8-3-1-7(2-4-8)9(13)11-5-6-12/h1-3,8,12H,4-6,10H2,(H,11,13). The first-order chi connectivity index (χ1) is 6.24. The summed E-state index contributed by atoms with van der Waals surface area (Å²) in [6, 6.07) is 0.0226. The SMILES string of the molecule is NC1C=CC(C(=O)NCCO)=CC1. The summed E-state index contributed by atoms with van der Waals surface area (Å²) in [7, 11) is 0. The van der Waals surface area contributed by atoms with E-state index in [1.807, 2.05) is 0 Å². The van der Waals surface area contributed by atoms with Crippen molar-refractivity contribution in [2.45, 2.75) is 12.5 Å². The quantitative estimate of drug-likeness (QED) is 0.540. The Morgan fingerprint density at radius 2 is 2.54 bits per heavy atom. The molecule has 1 amide bonds. The lowest BCUT2D eigenvalue weighted by atomic mass is 10.0. The van der Waals surface area contributed by atoms with Crippen molar-refractivity contribution in [2.24, 2.45) is 5.73 Å². The molecule has 0 saturated heterocycles. The maximum Gasteiger partial charge on any atom is 0.251 e. The van der Waals surface area contributed by atoms with Crippen molar-refractivity contribution in [1.29, 1.82) is 0 Å². The van der Waals surface area contributed by atoms with Crippen LogP contribution >= 0.6 is 0 Å². The van der Waals surface area contributed by atoms with E-state index in [1.165, 1.54) is 0 Å². The van der Waals surface area contributed by atoms with E-state index >= 15 is 0 Å². The van der Waals surface area contributed by atoms with Crippen LogP contribution in [0.4, 0.5) is 0 Å². The summed E-state index contributed by atoms with van der Waals surface area (Å²) in [5.41, 5.74) is 6.21. The monoisotopic (exact) mass is 182 g/mol. The van der Waals surface area contributed by atoms with Crippen molar-refractivity contribution in [3.05, 3.63) is 23.8 Å². The fourth-order valence-corrected chi connectivity index (χ4v) is 1.08. The highest BCUT2D eigenvalue weighted by Crippen LogP contribution is 2.08. The van der Waals surface area contributed by atoms with Crippen molar-refractivity contribution in [2.75, 3.05) is 13.2 Å². The lowest BCUT2D eigenvalue weighted by molar-refractivity contribution is -0.117. The molecule has 1 atom stereocenters. The van der Waals surface area contributed by atoms with Crippen molar-refractivity contribution in [3.8, 4) is 0 Å². The van der Waals surface area contributed by atoms with Gasteiger partial charge < -0.3 is 16.2 Å². The zero-order valence-corrected chi connectivity index (χ0v) is 7.36. The van der Waals surface area contributed by atoms with E-state index in [0.717, 1.165) is 0 Å². The van der Waals surface area contributed by atoms with Gasteiger partial charge in [0.1, 0.15) is 0 Å². The van der Waals surface area contributed by atoms with Gasteiger partial charge in [-0.15, -0.1) is 0 Å². The van der Waals surface area contributed by atoms with Crippen LogP contribution in [-0.2, 0) is 4.79 Å². The molecule has 0 aliphatic heterocycles. The Morgan fingerprint density at radius 1 is 1.77 bits per heavy atom. The third kappa shape index (κ3) is 3.01. The van der Waals surface area contributed by atoms with Gasteiger partial charge in [-0.25, -0.2) is 0 Å². The van der Waals surface area contributed by atoms with E-state index in [9.17, 15) is 4.79 Å². The lowest BCUT2D eigenvalue weighted by Crippen LogP contribution is -2.29. The van der Waals surface area contributed by atoms with Crippen LogP contribution in [0.3, 0.4) is 0 Å². The number of nitrogens with two attached hydrogens (primary N) is 1. The number of aliphatic hydroxyl groups excluding tert-OH is 1. The molecule has 0 aromatic carbocycles. The number of amides is 1. The van der Waals surface area contributed by atoms with Gasteiger partial charge in [-0.05, 0) is 6.42 Å². The van der Waals surface area contributed by atoms with Crippen LogP contribution in [0, 0.1) is 0 Å². The van der Waals surface area contributed by atoms with Crippen LogP contribution in [0.1, 0.15) is 6.42 Å². The Kier molecular flexibility index (Phi) is 3.67. The molecule has 0 aromatic heterocycles. The predicted octanol–water partition coefficient (Wildman–Crippen LogP) is -0.692. The summed E-state index contributed by atoms with van der Waals surface area (Å²) in [4.78, 5) is 11.3. The van der Waals surface area contributed by atoms with Gasteiger partial charge in [0.25, 0.3) is 5.91 Å². The number of aliphatic hydroxyl groups is 1. The maximum absolute atomic E-state index is 11.3. The van der Waals surface area contributed by atoms with Crippen LogP contribution in [0.25, 0.3) is 0 Å². The van der Waals surface area contributed by atoms with Crippen LogP contribution in [-0.4, -0.2) is 30.2 Å². The topological polar surface area (TPSA) is 75.4 Å².